The molecule has 0 bridgehead atoms. The average Bonchev–Trinajstić information content (AvgIpc) is 2.36. The second-order valence-electron chi connectivity index (χ2n) is 3.99. The van der Waals surface area contributed by atoms with Crippen molar-refractivity contribution in [2.75, 3.05) is 19.0 Å². The summed E-state index contributed by atoms with van der Waals surface area (Å²) in [6.45, 7) is 3.94. The Morgan fingerprint density at radius 3 is 2.88 bits per heavy atom. The molecule has 1 heterocycles. The van der Waals surface area contributed by atoms with E-state index in [9.17, 15) is 9.90 Å². The van der Waals surface area contributed by atoms with Crippen LogP contribution in [-0.4, -0.2) is 40.3 Å². The molecule has 0 aromatic carbocycles. The first-order chi connectivity index (χ1) is 7.98. The zero-order valence-electron chi connectivity index (χ0n) is 10.2. The summed E-state index contributed by atoms with van der Waals surface area (Å²) in [5, 5.41) is 12.7. The van der Waals surface area contributed by atoms with Crippen LogP contribution in [0.1, 0.15) is 30.8 Å². The van der Waals surface area contributed by atoms with Crippen LogP contribution in [0.5, 0.6) is 0 Å². The highest BCUT2D eigenvalue weighted by Crippen LogP contribution is 2.10. The third-order valence-electron chi connectivity index (χ3n) is 2.44. The maximum absolute atomic E-state index is 11.2. The van der Waals surface area contributed by atoms with Crippen LogP contribution in [0.2, 0.25) is 0 Å². The van der Waals surface area contributed by atoms with Gasteiger partial charge in [0.15, 0.2) is 5.69 Å². The normalized spacial score (nSPS) is 13.9. The minimum Gasteiger partial charge on any atom is -0.464 e. The highest BCUT2D eigenvalue weighted by molar-refractivity contribution is 5.87. The van der Waals surface area contributed by atoms with Crippen molar-refractivity contribution >= 4 is 11.8 Å². The predicted molar refractivity (Wildman–Crippen MR) is 62.8 cm³/mol. The van der Waals surface area contributed by atoms with Crippen LogP contribution in [0.15, 0.2) is 12.4 Å². The Morgan fingerprint density at radius 2 is 2.29 bits per heavy atom. The van der Waals surface area contributed by atoms with Crippen LogP contribution < -0.4 is 5.32 Å². The number of ether oxygens (including phenoxy) is 1. The zero-order valence-corrected chi connectivity index (χ0v) is 10.2. The predicted octanol–water partition coefficient (Wildman–Crippen LogP) is 0.836. The molecule has 0 fully saturated rings. The molecule has 2 N–H and O–H groups in total. The van der Waals surface area contributed by atoms with Crippen molar-refractivity contribution in [2.24, 2.45) is 0 Å². The number of aromatic nitrogens is 2. The van der Waals surface area contributed by atoms with Crippen LogP contribution in [0.3, 0.4) is 0 Å². The number of anilines is 1. The lowest BCUT2D eigenvalue weighted by Crippen LogP contribution is -2.32. The molecule has 0 saturated heterocycles. The lowest BCUT2D eigenvalue weighted by atomic mass is 10.0. The number of methoxy groups -OCH3 is 1. The molecule has 0 aliphatic heterocycles. The van der Waals surface area contributed by atoms with Crippen LogP contribution >= 0.6 is 0 Å². The second kappa shape index (κ2) is 5.58. The Bertz CT molecular complexity index is 393. The third-order valence-corrected chi connectivity index (χ3v) is 2.44. The standard InChI is InChI=1S/C11H17N3O3/c1-4-11(2,16)7-13-9-6-12-5-8(14-9)10(15)17-3/h5-6,16H,4,7H2,1-3H3,(H,13,14). The number of carbonyl (C=O) groups excluding carboxylic acids is 1. The summed E-state index contributed by atoms with van der Waals surface area (Å²) < 4.78 is 4.54. The van der Waals surface area contributed by atoms with Crippen molar-refractivity contribution in [2.45, 2.75) is 25.9 Å². The van der Waals surface area contributed by atoms with Crippen LogP contribution in [0, 0.1) is 0 Å². The lowest BCUT2D eigenvalue weighted by Gasteiger charge is -2.21. The van der Waals surface area contributed by atoms with Gasteiger partial charge in [0.25, 0.3) is 0 Å². The number of esters is 1. The number of nitrogens with one attached hydrogen (secondary N) is 1. The highest BCUT2D eigenvalue weighted by Gasteiger charge is 2.17. The van der Waals surface area contributed by atoms with Gasteiger partial charge in [0, 0.05) is 6.54 Å². The van der Waals surface area contributed by atoms with Gasteiger partial charge in [-0.05, 0) is 13.3 Å². The van der Waals surface area contributed by atoms with Gasteiger partial charge in [-0.15, -0.1) is 0 Å². The smallest absolute Gasteiger partial charge is 0.358 e. The summed E-state index contributed by atoms with van der Waals surface area (Å²) >= 11 is 0. The molecule has 0 aliphatic rings. The number of nitrogens with zero attached hydrogens (tertiary/aromatic N) is 2. The highest BCUT2D eigenvalue weighted by atomic mass is 16.5. The van der Waals surface area contributed by atoms with Gasteiger partial charge in [-0.1, -0.05) is 6.92 Å². The SMILES string of the molecule is CCC(C)(O)CNc1cncc(C(=O)OC)n1. The molecule has 6 nitrogen and oxygen atoms in total. The molecular weight excluding hydrogens is 222 g/mol. The van der Waals surface area contributed by atoms with E-state index in [1.165, 1.54) is 19.5 Å². The first kappa shape index (κ1) is 13.4. The number of rotatable bonds is 5. The number of carbonyl (C=O) groups is 1. The van der Waals surface area contributed by atoms with Crippen molar-refractivity contribution in [1.82, 2.24) is 9.97 Å². The lowest BCUT2D eigenvalue weighted by molar-refractivity contribution is 0.0593. The Balaban J connectivity index is 2.70. The third kappa shape index (κ3) is 3.99. The number of hydrogen-bond donors (Lipinski definition) is 2. The summed E-state index contributed by atoms with van der Waals surface area (Å²) in [7, 11) is 1.28. The molecule has 94 valence electrons. The molecule has 0 aliphatic carbocycles. The Morgan fingerprint density at radius 1 is 1.59 bits per heavy atom. The molecular formula is C11H17N3O3. The van der Waals surface area contributed by atoms with Crippen molar-refractivity contribution in [3.05, 3.63) is 18.1 Å². The Hall–Kier alpha value is -1.69. The van der Waals surface area contributed by atoms with E-state index in [1.54, 1.807) is 6.92 Å². The Kier molecular flexibility index (Phi) is 4.39. The summed E-state index contributed by atoms with van der Waals surface area (Å²) in [4.78, 5) is 19.1. The van der Waals surface area contributed by atoms with E-state index in [0.29, 0.717) is 18.8 Å². The summed E-state index contributed by atoms with van der Waals surface area (Å²) in [5.41, 5.74) is -0.684. The van der Waals surface area contributed by atoms with Gasteiger partial charge in [0.05, 0.1) is 25.1 Å². The summed E-state index contributed by atoms with van der Waals surface area (Å²) in [5.74, 6) is -0.106. The van der Waals surface area contributed by atoms with E-state index in [2.05, 4.69) is 20.0 Å². The van der Waals surface area contributed by atoms with Crippen LogP contribution in [0.25, 0.3) is 0 Å². The maximum Gasteiger partial charge on any atom is 0.358 e. The topological polar surface area (TPSA) is 84.3 Å². The summed E-state index contributed by atoms with van der Waals surface area (Å²) in [6.07, 6.45) is 3.43. The van der Waals surface area contributed by atoms with Crippen molar-refractivity contribution in [3.63, 3.8) is 0 Å². The largest absolute Gasteiger partial charge is 0.464 e. The second-order valence-corrected chi connectivity index (χ2v) is 3.99. The molecule has 0 radical (unpaired) electrons. The minimum absolute atomic E-state index is 0.133. The average molecular weight is 239 g/mol. The fraction of sp³-hybridized carbons (Fsp3) is 0.545. The van der Waals surface area contributed by atoms with E-state index < -0.39 is 11.6 Å². The van der Waals surface area contributed by atoms with E-state index in [0.717, 1.165) is 0 Å². The molecule has 1 aromatic heterocycles. The van der Waals surface area contributed by atoms with Gasteiger partial charge in [-0.25, -0.2) is 9.78 Å². The fourth-order valence-corrected chi connectivity index (χ4v) is 1.06. The van der Waals surface area contributed by atoms with Gasteiger partial charge >= 0.3 is 5.97 Å². The molecule has 1 atom stereocenters. The molecule has 0 spiro atoms. The maximum atomic E-state index is 11.2. The Labute approximate surface area is 100 Å². The first-order valence-electron chi connectivity index (χ1n) is 5.35. The molecule has 0 saturated carbocycles. The van der Waals surface area contributed by atoms with Gasteiger partial charge in [0.1, 0.15) is 5.82 Å². The number of aliphatic hydroxyl groups is 1. The minimum atomic E-state index is -0.817. The number of hydrogen-bond acceptors (Lipinski definition) is 6. The molecule has 1 unspecified atom stereocenters. The quantitative estimate of drug-likeness (QED) is 0.740. The van der Waals surface area contributed by atoms with Crippen molar-refractivity contribution in [1.29, 1.82) is 0 Å². The molecule has 1 aromatic rings. The van der Waals surface area contributed by atoms with E-state index >= 15 is 0 Å². The van der Waals surface area contributed by atoms with Gasteiger partial charge in [-0.2, -0.15) is 0 Å². The fourth-order valence-electron chi connectivity index (χ4n) is 1.06. The van der Waals surface area contributed by atoms with Gasteiger partial charge in [0.2, 0.25) is 0 Å². The van der Waals surface area contributed by atoms with Gasteiger partial charge in [-0.3, -0.25) is 4.98 Å². The first-order valence-corrected chi connectivity index (χ1v) is 5.35. The van der Waals surface area contributed by atoms with Gasteiger partial charge < -0.3 is 15.2 Å². The van der Waals surface area contributed by atoms with Crippen LogP contribution in [0.4, 0.5) is 5.82 Å². The molecule has 6 heteroatoms. The van der Waals surface area contributed by atoms with E-state index in [1.807, 2.05) is 6.92 Å². The molecule has 1 rings (SSSR count). The van der Waals surface area contributed by atoms with E-state index in [-0.39, 0.29) is 5.69 Å². The molecule has 17 heavy (non-hydrogen) atoms. The van der Waals surface area contributed by atoms with Crippen molar-refractivity contribution in [3.8, 4) is 0 Å². The molecule has 0 amide bonds. The zero-order chi connectivity index (χ0) is 12.9. The summed E-state index contributed by atoms with van der Waals surface area (Å²) in [6, 6.07) is 0. The van der Waals surface area contributed by atoms with Crippen LogP contribution in [-0.2, 0) is 4.74 Å². The monoisotopic (exact) mass is 239 g/mol. The van der Waals surface area contributed by atoms with Crippen molar-refractivity contribution < 1.29 is 14.6 Å². The van der Waals surface area contributed by atoms with E-state index in [4.69, 9.17) is 0 Å².